The molecule has 170 valence electrons. The first kappa shape index (κ1) is 21.7. The van der Waals surface area contributed by atoms with Gasteiger partial charge in [0, 0.05) is 36.9 Å². The third-order valence-electron chi connectivity index (χ3n) is 8.63. The molecule has 32 heavy (non-hydrogen) atoms. The zero-order valence-corrected chi connectivity index (χ0v) is 19.7. The van der Waals surface area contributed by atoms with Crippen LogP contribution < -0.4 is 10.2 Å². The van der Waals surface area contributed by atoms with Crippen LogP contribution >= 0.6 is 0 Å². The van der Waals surface area contributed by atoms with Crippen molar-refractivity contribution >= 4 is 16.6 Å². The zero-order chi connectivity index (χ0) is 22.1. The number of piperidine rings is 2. The van der Waals surface area contributed by atoms with E-state index in [2.05, 4.69) is 52.2 Å². The number of benzene rings is 1. The molecule has 3 aliphatic rings. The molecule has 0 radical (unpaired) electrons. The van der Waals surface area contributed by atoms with Crippen LogP contribution in [-0.4, -0.2) is 55.7 Å². The minimum absolute atomic E-state index is 0.620. The fourth-order valence-corrected chi connectivity index (χ4v) is 6.56. The summed E-state index contributed by atoms with van der Waals surface area (Å²) in [5.74, 6) is 2.07. The molecular formula is C27H37N5. The predicted molar refractivity (Wildman–Crippen MR) is 131 cm³/mol. The summed E-state index contributed by atoms with van der Waals surface area (Å²) in [7, 11) is 0. The number of rotatable bonds is 4. The summed E-state index contributed by atoms with van der Waals surface area (Å²) >= 11 is 0. The van der Waals surface area contributed by atoms with E-state index in [9.17, 15) is 5.26 Å². The van der Waals surface area contributed by atoms with Gasteiger partial charge in [-0.3, -0.25) is 4.98 Å². The number of nitrogens with one attached hydrogen (secondary N) is 1. The van der Waals surface area contributed by atoms with E-state index in [4.69, 9.17) is 0 Å². The fourth-order valence-electron chi connectivity index (χ4n) is 6.56. The van der Waals surface area contributed by atoms with Crippen molar-refractivity contribution in [2.45, 2.75) is 39.5 Å². The highest BCUT2D eigenvalue weighted by Crippen LogP contribution is 2.41. The second-order valence-electron chi connectivity index (χ2n) is 10.8. The summed E-state index contributed by atoms with van der Waals surface area (Å²) in [6.07, 6.45) is 7.29. The quantitative estimate of drug-likeness (QED) is 0.783. The van der Waals surface area contributed by atoms with Crippen molar-refractivity contribution < 1.29 is 0 Å². The van der Waals surface area contributed by atoms with Crippen molar-refractivity contribution in [3.63, 3.8) is 0 Å². The molecule has 1 aromatic carbocycles. The molecule has 1 aromatic heterocycles. The van der Waals surface area contributed by atoms with Gasteiger partial charge in [-0.2, -0.15) is 5.26 Å². The maximum Gasteiger partial charge on any atom is 0.101 e. The number of nitriles is 1. The lowest BCUT2D eigenvalue weighted by molar-refractivity contribution is 0.0608. The molecule has 0 amide bonds. The van der Waals surface area contributed by atoms with Gasteiger partial charge in [0.15, 0.2) is 0 Å². The van der Waals surface area contributed by atoms with E-state index in [0.717, 1.165) is 24.0 Å². The van der Waals surface area contributed by atoms with Crippen molar-refractivity contribution in [3.8, 4) is 6.07 Å². The number of anilines is 1. The van der Waals surface area contributed by atoms with Crippen LogP contribution in [0.1, 0.15) is 45.1 Å². The third-order valence-corrected chi connectivity index (χ3v) is 8.63. The Morgan fingerprint density at radius 3 is 2.62 bits per heavy atom. The van der Waals surface area contributed by atoms with Crippen molar-refractivity contribution in [2.75, 3.05) is 50.7 Å². The van der Waals surface area contributed by atoms with E-state index in [1.54, 1.807) is 6.20 Å². The maximum atomic E-state index is 9.51. The van der Waals surface area contributed by atoms with E-state index in [-0.39, 0.29) is 0 Å². The van der Waals surface area contributed by atoms with Crippen molar-refractivity contribution in [2.24, 2.45) is 23.2 Å². The average molecular weight is 432 g/mol. The van der Waals surface area contributed by atoms with Crippen LogP contribution in [0.2, 0.25) is 0 Å². The summed E-state index contributed by atoms with van der Waals surface area (Å²) in [6, 6.07) is 10.5. The van der Waals surface area contributed by atoms with Crippen molar-refractivity contribution in [1.82, 2.24) is 15.2 Å². The Bertz CT molecular complexity index is 977. The van der Waals surface area contributed by atoms with Gasteiger partial charge in [0.25, 0.3) is 0 Å². The summed E-state index contributed by atoms with van der Waals surface area (Å²) in [5, 5.41) is 14.2. The van der Waals surface area contributed by atoms with E-state index in [1.807, 2.05) is 12.1 Å². The molecule has 1 spiro atoms. The first-order valence-corrected chi connectivity index (χ1v) is 12.5. The van der Waals surface area contributed by atoms with Gasteiger partial charge < -0.3 is 15.1 Å². The first-order chi connectivity index (χ1) is 15.6. The largest absolute Gasteiger partial charge is 0.370 e. The molecule has 4 heterocycles. The number of nitrogens with zero attached hydrogens (tertiary/aromatic N) is 4. The van der Waals surface area contributed by atoms with E-state index in [1.165, 1.54) is 64.1 Å². The van der Waals surface area contributed by atoms with Crippen molar-refractivity contribution in [1.29, 1.82) is 5.26 Å². The molecule has 3 saturated heterocycles. The highest BCUT2D eigenvalue weighted by atomic mass is 15.2. The Morgan fingerprint density at radius 2 is 1.91 bits per heavy atom. The molecule has 5 nitrogen and oxygen atoms in total. The highest BCUT2D eigenvalue weighted by molar-refractivity contribution is 5.95. The number of hydrogen-bond donors (Lipinski definition) is 1. The molecule has 3 aliphatic heterocycles. The molecule has 2 atom stereocenters. The molecule has 0 unspecified atom stereocenters. The molecule has 3 fully saturated rings. The van der Waals surface area contributed by atoms with Crippen LogP contribution in [0.3, 0.4) is 0 Å². The first-order valence-electron chi connectivity index (χ1n) is 12.5. The van der Waals surface area contributed by atoms with Gasteiger partial charge in [-0.15, -0.1) is 0 Å². The molecule has 2 aromatic rings. The Morgan fingerprint density at radius 1 is 1.12 bits per heavy atom. The summed E-state index contributed by atoms with van der Waals surface area (Å²) in [5.41, 5.74) is 3.36. The van der Waals surface area contributed by atoms with Gasteiger partial charge in [0.2, 0.25) is 0 Å². The van der Waals surface area contributed by atoms with Crippen LogP contribution in [0.5, 0.6) is 0 Å². The number of likely N-dealkylation sites (tertiary alicyclic amines) is 1. The lowest BCUT2D eigenvalue weighted by atomic mass is 9.71. The van der Waals surface area contributed by atoms with Gasteiger partial charge in [-0.25, -0.2) is 0 Å². The van der Waals surface area contributed by atoms with Crippen LogP contribution in [0.4, 0.5) is 5.69 Å². The molecular weight excluding hydrogens is 394 g/mol. The Hall–Kier alpha value is -2.16. The summed E-state index contributed by atoms with van der Waals surface area (Å²) in [4.78, 5) is 9.86. The minimum Gasteiger partial charge on any atom is -0.370 e. The van der Waals surface area contributed by atoms with Gasteiger partial charge in [0.1, 0.15) is 6.07 Å². The monoisotopic (exact) mass is 431 g/mol. The molecule has 1 N–H and O–H groups in total. The lowest BCUT2D eigenvalue weighted by Gasteiger charge is -2.45. The van der Waals surface area contributed by atoms with Crippen LogP contribution in [0.15, 0.2) is 30.5 Å². The molecule has 0 bridgehead atoms. The second kappa shape index (κ2) is 9.00. The molecule has 5 heteroatoms. The van der Waals surface area contributed by atoms with Gasteiger partial charge in [-0.05, 0) is 99.3 Å². The van der Waals surface area contributed by atoms with Crippen LogP contribution in [-0.2, 0) is 0 Å². The van der Waals surface area contributed by atoms with Gasteiger partial charge in [0.05, 0.1) is 11.1 Å². The summed E-state index contributed by atoms with van der Waals surface area (Å²) < 4.78 is 0. The number of pyridine rings is 1. The van der Waals surface area contributed by atoms with E-state index < -0.39 is 0 Å². The van der Waals surface area contributed by atoms with Crippen molar-refractivity contribution in [3.05, 3.63) is 36.0 Å². The van der Waals surface area contributed by atoms with Crippen LogP contribution in [0, 0.1) is 34.5 Å². The predicted octanol–water partition coefficient (Wildman–Crippen LogP) is 4.28. The number of hydrogen-bond acceptors (Lipinski definition) is 5. The van der Waals surface area contributed by atoms with E-state index >= 15 is 0 Å². The minimum atomic E-state index is 0.620. The standard InChI is InChI=1S/C27H37N5/c1-20(2)24-19-32(25-6-5-21(16-28)26-23(25)4-3-11-30-26)18-22(24)17-31-14-9-27(10-15-31)7-12-29-13-8-27/h3-6,11,20,22,24,29H,7-10,12-15,17-19H2,1-2H3/t22-,24+/m0/s1. The molecule has 5 rings (SSSR count). The number of fused-ring (bicyclic) bond motifs is 1. The SMILES string of the molecule is CC(C)[C@H]1CN(c2ccc(C#N)c3ncccc23)C[C@@H]1CN1CCC2(CCNCC2)CC1. The van der Waals surface area contributed by atoms with Gasteiger partial charge >= 0.3 is 0 Å². The normalized spacial score (nSPS) is 26.1. The Labute approximate surface area is 192 Å². The Balaban J connectivity index is 1.31. The lowest BCUT2D eigenvalue weighted by Crippen LogP contribution is -2.47. The average Bonchev–Trinajstić information content (AvgIpc) is 3.24. The topological polar surface area (TPSA) is 55.2 Å². The highest BCUT2D eigenvalue weighted by Gasteiger charge is 2.39. The van der Waals surface area contributed by atoms with Gasteiger partial charge in [-0.1, -0.05) is 13.8 Å². The number of aromatic nitrogens is 1. The fraction of sp³-hybridized carbons (Fsp3) is 0.630. The maximum absolute atomic E-state index is 9.51. The Kier molecular flexibility index (Phi) is 6.09. The smallest absolute Gasteiger partial charge is 0.101 e. The molecule has 0 saturated carbocycles. The molecule has 0 aliphatic carbocycles. The third kappa shape index (κ3) is 4.11. The second-order valence-corrected chi connectivity index (χ2v) is 10.8. The van der Waals surface area contributed by atoms with Crippen LogP contribution in [0.25, 0.3) is 10.9 Å². The van der Waals surface area contributed by atoms with E-state index in [0.29, 0.717) is 28.7 Å². The zero-order valence-electron chi connectivity index (χ0n) is 19.7. The summed E-state index contributed by atoms with van der Waals surface area (Å²) in [6.45, 7) is 13.2.